The Bertz CT molecular complexity index is 634. The Morgan fingerprint density at radius 1 is 1.33 bits per heavy atom. The van der Waals surface area contributed by atoms with Crippen LogP contribution in [-0.4, -0.2) is 6.04 Å². The summed E-state index contributed by atoms with van der Waals surface area (Å²) in [6.45, 7) is 2.26. The second-order valence-corrected chi connectivity index (χ2v) is 6.20. The molecule has 0 aliphatic rings. The zero-order chi connectivity index (χ0) is 15.4. The van der Waals surface area contributed by atoms with Crippen molar-refractivity contribution in [1.29, 1.82) is 0 Å². The van der Waals surface area contributed by atoms with Gasteiger partial charge in [-0.2, -0.15) is 0 Å². The molecule has 0 saturated carbocycles. The molecule has 0 aliphatic heterocycles. The molecule has 0 aliphatic carbocycles. The molecule has 0 fully saturated rings. The van der Waals surface area contributed by atoms with Gasteiger partial charge in [-0.3, -0.25) is 0 Å². The van der Waals surface area contributed by atoms with E-state index in [0.717, 1.165) is 11.1 Å². The van der Waals surface area contributed by atoms with Crippen molar-refractivity contribution in [3.8, 4) is 5.75 Å². The van der Waals surface area contributed by atoms with Crippen molar-refractivity contribution in [2.24, 2.45) is 5.73 Å². The fraction of sp³-hybridized carbons (Fsp3) is 0.250. The van der Waals surface area contributed by atoms with Crippen LogP contribution < -0.4 is 10.5 Å². The number of ether oxygens (including phenoxy) is 1. The van der Waals surface area contributed by atoms with Gasteiger partial charge < -0.3 is 10.5 Å². The van der Waals surface area contributed by atoms with Crippen LogP contribution >= 0.6 is 27.5 Å². The zero-order valence-corrected chi connectivity index (χ0v) is 13.9. The van der Waals surface area contributed by atoms with Crippen molar-refractivity contribution in [3.63, 3.8) is 0 Å². The molecule has 0 aromatic heterocycles. The van der Waals surface area contributed by atoms with Crippen LogP contribution in [0.3, 0.4) is 0 Å². The lowest BCUT2D eigenvalue weighted by molar-refractivity contribution is 0.302. The van der Waals surface area contributed by atoms with Gasteiger partial charge in [0.2, 0.25) is 0 Å². The van der Waals surface area contributed by atoms with Gasteiger partial charge in [0.1, 0.15) is 18.2 Å². The van der Waals surface area contributed by atoms with Crippen molar-refractivity contribution >= 4 is 27.5 Å². The fourth-order valence-electron chi connectivity index (χ4n) is 1.98. The van der Waals surface area contributed by atoms with Crippen molar-refractivity contribution < 1.29 is 9.13 Å². The molecule has 0 bridgehead atoms. The van der Waals surface area contributed by atoms with Crippen molar-refractivity contribution in [2.45, 2.75) is 26.0 Å². The van der Waals surface area contributed by atoms with Crippen molar-refractivity contribution in [1.82, 2.24) is 0 Å². The first-order chi connectivity index (χ1) is 9.97. The number of halogens is 3. The third-order valence-electron chi connectivity index (χ3n) is 2.98. The molecule has 2 N–H and O–H groups in total. The lowest BCUT2D eigenvalue weighted by atomic mass is 10.1. The van der Waals surface area contributed by atoms with Crippen LogP contribution in [0.4, 0.5) is 4.39 Å². The van der Waals surface area contributed by atoms with Gasteiger partial charge in [0.15, 0.2) is 0 Å². The van der Waals surface area contributed by atoms with Crippen LogP contribution in [0.5, 0.6) is 5.75 Å². The first kappa shape index (κ1) is 16.3. The van der Waals surface area contributed by atoms with Crippen LogP contribution in [0.15, 0.2) is 40.9 Å². The maximum absolute atomic E-state index is 13.2. The molecule has 0 amide bonds. The Morgan fingerprint density at radius 2 is 2.10 bits per heavy atom. The highest BCUT2D eigenvalue weighted by Crippen LogP contribution is 2.28. The smallest absolute Gasteiger partial charge is 0.137 e. The number of benzene rings is 2. The monoisotopic (exact) mass is 371 g/mol. The third-order valence-corrected chi connectivity index (χ3v) is 3.94. The van der Waals surface area contributed by atoms with Gasteiger partial charge in [-0.1, -0.05) is 23.7 Å². The topological polar surface area (TPSA) is 35.2 Å². The van der Waals surface area contributed by atoms with E-state index in [1.807, 2.05) is 25.1 Å². The van der Waals surface area contributed by atoms with Crippen LogP contribution in [0, 0.1) is 5.82 Å². The molecule has 2 aromatic rings. The summed E-state index contributed by atoms with van der Waals surface area (Å²) in [7, 11) is 0. The predicted molar refractivity (Wildman–Crippen MR) is 87.2 cm³/mol. The molecule has 112 valence electrons. The highest BCUT2D eigenvalue weighted by molar-refractivity contribution is 9.10. The summed E-state index contributed by atoms with van der Waals surface area (Å²) in [6, 6.07) is 10.3. The van der Waals surface area contributed by atoms with Gasteiger partial charge in [0, 0.05) is 16.6 Å². The molecule has 1 unspecified atom stereocenters. The summed E-state index contributed by atoms with van der Waals surface area (Å²) in [5.41, 5.74) is 7.61. The number of nitrogens with two attached hydrogens (primary N) is 1. The predicted octanol–water partition coefficient (Wildman–Crippen LogP) is 4.71. The van der Waals surface area contributed by atoms with Gasteiger partial charge in [0.05, 0.1) is 4.47 Å². The minimum atomic E-state index is -0.292. The molecule has 2 aromatic carbocycles. The van der Waals surface area contributed by atoms with Crippen LogP contribution in [0.2, 0.25) is 5.02 Å². The van der Waals surface area contributed by atoms with E-state index in [4.69, 9.17) is 22.1 Å². The second-order valence-electron chi connectivity index (χ2n) is 4.94. The van der Waals surface area contributed by atoms with Crippen molar-refractivity contribution in [3.05, 3.63) is 62.8 Å². The zero-order valence-electron chi connectivity index (χ0n) is 11.6. The molecular weight excluding hydrogens is 357 g/mol. The maximum atomic E-state index is 13.2. The molecule has 1 atom stereocenters. The average Bonchev–Trinajstić information content (AvgIpc) is 2.43. The highest BCUT2D eigenvalue weighted by atomic mass is 79.9. The van der Waals surface area contributed by atoms with Crippen LogP contribution in [0.1, 0.15) is 18.1 Å². The molecule has 0 heterocycles. The Hall–Kier alpha value is -1.10. The minimum Gasteiger partial charge on any atom is -0.489 e. The summed E-state index contributed by atoms with van der Waals surface area (Å²) >= 11 is 9.37. The number of hydrogen-bond acceptors (Lipinski definition) is 2. The second kappa shape index (κ2) is 7.25. The molecular formula is C16H16BrClFNO. The fourth-order valence-corrected chi connectivity index (χ4v) is 2.65. The number of hydrogen-bond donors (Lipinski definition) is 1. The minimum absolute atomic E-state index is 0.00721. The van der Waals surface area contributed by atoms with E-state index >= 15 is 0 Å². The lowest BCUT2D eigenvalue weighted by Crippen LogP contribution is -2.18. The van der Waals surface area contributed by atoms with Gasteiger partial charge >= 0.3 is 0 Å². The van der Waals surface area contributed by atoms with Crippen LogP contribution in [-0.2, 0) is 13.0 Å². The molecule has 5 heteroatoms. The molecule has 2 nitrogen and oxygen atoms in total. The quantitative estimate of drug-likeness (QED) is 0.825. The van der Waals surface area contributed by atoms with Crippen molar-refractivity contribution in [2.75, 3.05) is 0 Å². The summed E-state index contributed by atoms with van der Waals surface area (Å²) < 4.78 is 19.4. The molecule has 21 heavy (non-hydrogen) atoms. The van der Waals surface area contributed by atoms with E-state index in [1.54, 1.807) is 12.1 Å². The Morgan fingerprint density at radius 3 is 2.76 bits per heavy atom. The van der Waals surface area contributed by atoms with E-state index in [0.29, 0.717) is 28.3 Å². The van der Waals surface area contributed by atoms with Gasteiger partial charge in [-0.25, -0.2) is 4.39 Å². The first-order valence-corrected chi connectivity index (χ1v) is 7.74. The third kappa shape index (κ3) is 4.43. The Kier molecular flexibility index (Phi) is 5.62. The summed E-state index contributed by atoms with van der Waals surface area (Å²) in [4.78, 5) is 0. The first-order valence-electron chi connectivity index (χ1n) is 6.57. The highest BCUT2D eigenvalue weighted by Gasteiger charge is 2.11. The van der Waals surface area contributed by atoms with E-state index in [2.05, 4.69) is 15.9 Å². The summed E-state index contributed by atoms with van der Waals surface area (Å²) in [5, 5.41) is 0.644. The maximum Gasteiger partial charge on any atom is 0.137 e. The van der Waals surface area contributed by atoms with E-state index in [1.165, 1.54) is 6.07 Å². The Labute approximate surface area is 137 Å². The number of rotatable bonds is 5. The molecule has 0 saturated heterocycles. The Balaban J connectivity index is 2.15. The summed E-state index contributed by atoms with van der Waals surface area (Å²) in [5.74, 6) is 0.416. The average molecular weight is 373 g/mol. The van der Waals surface area contributed by atoms with Gasteiger partial charge in [0.25, 0.3) is 0 Å². The van der Waals surface area contributed by atoms with E-state index in [9.17, 15) is 4.39 Å². The lowest BCUT2D eigenvalue weighted by Gasteiger charge is -2.15. The van der Waals surface area contributed by atoms with Crippen LogP contribution in [0.25, 0.3) is 0 Å². The SMILES string of the molecule is CC(N)Cc1c(Cl)cccc1OCc1ccc(F)c(Br)c1. The molecule has 2 rings (SSSR count). The van der Waals surface area contributed by atoms with E-state index < -0.39 is 0 Å². The largest absolute Gasteiger partial charge is 0.489 e. The van der Waals surface area contributed by atoms with E-state index in [-0.39, 0.29) is 11.9 Å². The van der Waals surface area contributed by atoms with Gasteiger partial charge in [-0.05, 0) is 59.1 Å². The standard InChI is InChI=1S/C16H16BrClFNO/c1-10(20)7-12-14(18)3-2-4-16(12)21-9-11-5-6-15(19)13(17)8-11/h2-6,8,10H,7,9,20H2,1H3. The summed E-state index contributed by atoms with van der Waals surface area (Å²) in [6.07, 6.45) is 0.641. The molecule has 0 radical (unpaired) electrons. The molecule has 0 spiro atoms. The van der Waals surface area contributed by atoms with Gasteiger partial charge in [-0.15, -0.1) is 0 Å². The normalized spacial score (nSPS) is 12.2.